The lowest BCUT2D eigenvalue weighted by Crippen LogP contribution is -2.15. The van der Waals surface area contributed by atoms with E-state index in [1.807, 2.05) is 89.3 Å². The Morgan fingerprint density at radius 1 is 1.03 bits per heavy atom. The molecule has 29 heavy (non-hydrogen) atoms. The lowest BCUT2D eigenvalue weighted by atomic mass is 10.2. The Morgan fingerprint density at radius 2 is 1.72 bits per heavy atom. The summed E-state index contributed by atoms with van der Waals surface area (Å²) in [7, 11) is 0. The van der Waals surface area contributed by atoms with E-state index in [0.717, 1.165) is 16.8 Å². The molecule has 4 rings (SSSR count). The number of carbonyl (C=O) groups is 1. The molecule has 4 aromatic rings. The number of halogens is 1. The summed E-state index contributed by atoms with van der Waals surface area (Å²) >= 11 is 7.33. The minimum atomic E-state index is -0.103. The van der Waals surface area contributed by atoms with Crippen molar-refractivity contribution in [3.8, 4) is 11.4 Å². The van der Waals surface area contributed by atoms with Crippen LogP contribution < -0.4 is 5.32 Å². The van der Waals surface area contributed by atoms with Gasteiger partial charge in [0.05, 0.1) is 5.75 Å². The number of rotatable bonds is 6. The number of nitrogens with one attached hydrogen (secondary N) is 1. The van der Waals surface area contributed by atoms with E-state index in [2.05, 4.69) is 15.5 Å². The van der Waals surface area contributed by atoms with E-state index in [0.29, 0.717) is 16.0 Å². The number of nitrogens with zero attached hydrogens (tertiary/aromatic N) is 4. The van der Waals surface area contributed by atoms with Crippen molar-refractivity contribution in [3.05, 3.63) is 83.6 Å². The molecule has 0 saturated carbocycles. The second-order valence-corrected chi connectivity index (χ2v) is 7.77. The molecule has 2 heterocycles. The summed E-state index contributed by atoms with van der Waals surface area (Å²) < 4.78 is 3.75. The van der Waals surface area contributed by atoms with Crippen LogP contribution in [0.25, 0.3) is 11.4 Å². The van der Waals surface area contributed by atoms with Crippen LogP contribution >= 0.6 is 23.4 Å². The number of hydrogen-bond acceptors (Lipinski definition) is 4. The fourth-order valence-electron chi connectivity index (χ4n) is 2.77. The molecule has 0 saturated heterocycles. The minimum absolute atomic E-state index is 0.103. The summed E-state index contributed by atoms with van der Waals surface area (Å²) in [5, 5.41) is 12.8. The zero-order valence-corrected chi connectivity index (χ0v) is 17.2. The van der Waals surface area contributed by atoms with Crippen LogP contribution in [-0.2, 0) is 4.79 Å². The number of benzene rings is 2. The van der Waals surface area contributed by atoms with Gasteiger partial charge in [-0.15, -0.1) is 10.2 Å². The van der Waals surface area contributed by atoms with Gasteiger partial charge in [-0.25, -0.2) is 4.68 Å². The Labute approximate surface area is 177 Å². The van der Waals surface area contributed by atoms with E-state index in [1.165, 1.54) is 11.8 Å². The quantitative estimate of drug-likeness (QED) is 0.454. The molecule has 0 spiro atoms. The van der Waals surface area contributed by atoms with Crippen molar-refractivity contribution in [3.63, 3.8) is 0 Å². The molecule has 0 aliphatic rings. The SMILES string of the molecule is Cc1ccc(NC(=O)CSc2nnc(-c3ccc(Cl)cc3)n2-n2cccc2)cc1. The molecule has 1 amide bonds. The average molecular weight is 424 g/mol. The van der Waals surface area contributed by atoms with Crippen molar-refractivity contribution >= 4 is 35.0 Å². The molecule has 8 heteroatoms. The summed E-state index contributed by atoms with van der Waals surface area (Å²) in [4.78, 5) is 12.4. The molecule has 0 bridgehead atoms. The third-order valence-electron chi connectivity index (χ3n) is 4.20. The van der Waals surface area contributed by atoms with Gasteiger partial charge in [0.25, 0.3) is 0 Å². The highest BCUT2D eigenvalue weighted by Gasteiger charge is 2.17. The fourth-order valence-corrected chi connectivity index (χ4v) is 3.63. The lowest BCUT2D eigenvalue weighted by Gasteiger charge is -2.11. The number of anilines is 1. The maximum absolute atomic E-state index is 12.4. The highest BCUT2D eigenvalue weighted by molar-refractivity contribution is 7.99. The summed E-state index contributed by atoms with van der Waals surface area (Å²) in [6.07, 6.45) is 3.80. The van der Waals surface area contributed by atoms with Gasteiger partial charge in [0.2, 0.25) is 11.1 Å². The van der Waals surface area contributed by atoms with E-state index in [-0.39, 0.29) is 11.7 Å². The van der Waals surface area contributed by atoms with Crippen LogP contribution in [-0.4, -0.2) is 31.2 Å². The second-order valence-electron chi connectivity index (χ2n) is 6.39. The molecule has 0 atom stereocenters. The van der Waals surface area contributed by atoms with Gasteiger partial charge < -0.3 is 5.32 Å². The summed E-state index contributed by atoms with van der Waals surface area (Å²) in [6, 6.07) is 19.0. The van der Waals surface area contributed by atoms with Crippen LogP contribution in [0.5, 0.6) is 0 Å². The van der Waals surface area contributed by atoms with Gasteiger partial charge >= 0.3 is 0 Å². The first-order valence-electron chi connectivity index (χ1n) is 8.94. The number of hydrogen-bond donors (Lipinski definition) is 1. The van der Waals surface area contributed by atoms with Crippen LogP contribution in [0.4, 0.5) is 5.69 Å². The molecule has 6 nitrogen and oxygen atoms in total. The smallest absolute Gasteiger partial charge is 0.234 e. The molecule has 2 aromatic carbocycles. The molecule has 2 aromatic heterocycles. The maximum Gasteiger partial charge on any atom is 0.234 e. The van der Waals surface area contributed by atoms with E-state index < -0.39 is 0 Å². The first-order valence-corrected chi connectivity index (χ1v) is 10.3. The van der Waals surface area contributed by atoms with Crippen molar-refractivity contribution in [2.45, 2.75) is 12.1 Å². The first kappa shape index (κ1) is 19.3. The van der Waals surface area contributed by atoms with E-state index in [4.69, 9.17) is 11.6 Å². The molecule has 0 aliphatic carbocycles. The van der Waals surface area contributed by atoms with E-state index in [9.17, 15) is 4.79 Å². The van der Waals surface area contributed by atoms with Crippen molar-refractivity contribution in [2.75, 3.05) is 11.1 Å². The Balaban J connectivity index is 1.55. The second kappa shape index (κ2) is 8.55. The predicted molar refractivity (Wildman–Crippen MR) is 116 cm³/mol. The van der Waals surface area contributed by atoms with Gasteiger partial charge in [-0.05, 0) is 55.5 Å². The number of aromatic nitrogens is 4. The predicted octanol–water partition coefficient (Wildman–Crippen LogP) is 4.75. The third kappa shape index (κ3) is 4.52. The summed E-state index contributed by atoms with van der Waals surface area (Å²) in [5.74, 6) is 0.779. The van der Waals surface area contributed by atoms with Crippen molar-refractivity contribution in [1.82, 2.24) is 19.5 Å². The monoisotopic (exact) mass is 423 g/mol. The summed E-state index contributed by atoms with van der Waals surface area (Å²) in [5.41, 5.74) is 2.80. The Hall–Kier alpha value is -3.03. The highest BCUT2D eigenvalue weighted by Crippen LogP contribution is 2.25. The zero-order valence-electron chi connectivity index (χ0n) is 15.6. The van der Waals surface area contributed by atoms with Crippen LogP contribution in [0.15, 0.2) is 78.2 Å². The van der Waals surface area contributed by atoms with Gasteiger partial charge in [-0.2, -0.15) is 0 Å². The van der Waals surface area contributed by atoms with E-state index in [1.54, 1.807) is 0 Å². The minimum Gasteiger partial charge on any atom is -0.325 e. The molecular weight excluding hydrogens is 406 g/mol. The van der Waals surface area contributed by atoms with Gasteiger partial charge in [-0.1, -0.05) is 41.1 Å². The Morgan fingerprint density at radius 3 is 2.41 bits per heavy atom. The Bertz CT molecular complexity index is 1110. The van der Waals surface area contributed by atoms with Gasteiger partial charge in [0.15, 0.2) is 5.82 Å². The number of amides is 1. The standard InChI is InChI=1S/C21H18ClN5OS/c1-15-4-10-18(11-5-15)23-19(28)14-29-21-25-24-20(16-6-8-17(22)9-7-16)27(21)26-12-2-3-13-26/h2-13H,14H2,1H3,(H,23,28). The maximum atomic E-state index is 12.4. The third-order valence-corrected chi connectivity index (χ3v) is 5.37. The zero-order chi connectivity index (χ0) is 20.2. The molecule has 0 radical (unpaired) electrons. The Kier molecular flexibility index (Phi) is 5.69. The summed E-state index contributed by atoms with van der Waals surface area (Å²) in [6.45, 7) is 2.01. The molecule has 1 N–H and O–H groups in total. The molecule has 0 unspecified atom stereocenters. The first-order chi connectivity index (χ1) is 14.1. The largest absolute Gasteiger partial charge is 0.325 e. The normalized spacial score (nSPS) is 10.8. The molecule has 0 fully saturated rings. The van der Waals surface area contributed by atoms with Crippen LogP contribution in [0.1, 0.15) is 5.56 Å². The molecule has 0 aliphatic heterocycles. The topological polar surface area (TPSA) is 64.7 Å². The van der Waals surface area contributed by atoms with Crippen LogP contribution in [0.2, 0.25) is 5.02 Å². The van der Waals surface area contributed by atoms with Gasteiger partial charge in [-0.3, -0.25) is 9.47 Å². The number of aryl methyl sites for hydroxylation is 1. The fraction of sp³-hybridized carbons (Fsp3) is 0.0952. The van der Waals surface area contributed by atoms with Crippen molar-refractivity contribution in [1.29, 1.82) is 0 Å². The molecular formula is C21H18ClN5OS. The van der Waals surface area contributed by atoms with Crippen molar-refractivity contribution in [2.24, 2.45) is 0 Å². The van der Waals surface area contributed by atoms with Crippen molar-refractivity contribution < 1.29 is 4.79 Å². The van der Waals surface area contributed by atoms with E-state index >= 15 is 0 Å². The highest BCUT2D eigenvalue weighted by atomic mass is 35.5. The average Bonchev–Trinajstić information content (AvgIpc) is 3.38. The van der Waals surface area contributed by atoms with Crippen LogP contribution in [0, 0.1) is 6.92 Å². The van der Waals surface area contributed by atoms with Gasteiger partial charge in [0.1, 0.15) is 0 Å². The van der Waals surface area contributed by atoms with Crippen LogP contribution in [0.3, 0.4) is 0 Å². The number of thioether (sulfide) groups is 1. The van der Waals surface area contributed by atoms with Gasteiger partial charge in [0, 0.05) is 28.7 Å². The lowest BCUT2D eigenvalue weighted by molar-refractivity contribution is -0.113. The number of carbonyl (C=O) groups excluding carboxylic acids is 1. The molecule has 146 valence electrons.